The fraction of sp³-hybridized carbons (Fsp3) is 0.923. The molecule has 2 amide bonds. The first-order valence-electron chi connectivity index (χ1n) is 6.61. The number of piperidine rings is 1. The summed E-state index contributed by atoms with van der Waals surface area (Å²) in [6.07, 6.45) is 2.09. The molecule has 2 N–H and O–H groups in total. The van der Waals surface area contributed by atoms with Gasteiger partial charge in [0.2, 0.25) is 0 Å². The number of nitrogens with zero attached hydrogens (tertiary/aromatic N) is 1. The van der Waals surface area contributed by atoms with E-state index in [1.807, 2.05) is 18.7 Å². The third-order valence-electron chi connectivity index (χ3n) is 2.83. The van der Waals surface area contributed by atoms with Crippen LogP contribution in [-0.2, 0) is 0 Å². The van der Waals surface area contributed by atoms with E-state index in [2.05, 4.69) is 31.4 Å². The van der Waals surface area contributed by atoms with E-state index in [9.17, 15) is 4.79 Å². The average Bonchev–Trinajstić information content (AvgIpc) is 2.15. The molecule has 0 aromatic rings. The van der Waals surface area contributed by atoms with Crippen molar-refractivity contribution in [1.29, 1.82) is 0 Å². The second-order valence-corrected chi connectivity index (χ2v) is 6.26. The summed E-state index contributed by atoms with van der Waals surface area (Å²) in [5, 5.41) is 6.54. The van der Waals surface area contributed by atoms with Crippen LogP contribution < -0.4 is 10.6 Å². The number of hydrogen-bond donors (Lipinski definition) is 2. The molecule has 4 nitrogen and oxygen atoms in total. The van der Waals surface area contributed by atoms with E-state index in [0.717, 1.165) is 25.9 Å². The molecular weight excluding hydrogens is 214 g/mol. The summed E-state index contributed by atoms with van der Waals surface area (Å²) in [5.41, 5.74) is 0.160. The first kappa shape index (κ1) is 14.3. The van der Waals surface area contributed by atoms with Gasteiger partial charge in [-0.2, -0.15) is 0 Å². The van der Waals surface area contributed by atoms with E-state index >= 15 is 0 Å². The van der Waals surface area contributed by atoms with Crippen LogP contribution in [0.15, 0.2) is 0 Å². The van der Waals surface area contributed by atoms with Crippen LogP contribution in [0.25, 0.3) is 0 Å². The molecule has 0 atom stereocenters. The van der Waals surface area contributed by atoms with E-state index in [4.69, 9.17) is 0 Å². The molecular formula is C13H27N3O. The lowest BCUT2D eigenvalue weighted by molar-refractivity contribution is 0.168. The molecule has 0 unspecified atom stereocenters. The summed E-state index contributed by atoms with van der Waals surface area (Å²) in [6, 6.07) is 0.834. The monoisotopic (exact) mass is 241 g/mol. The number of hydrogen-bond acceptors (Lipinski definition) is 2. The van der Waals surface area contributed by atoms with Crippen LogP contribution in [0.1, 0.15) is 47.5 Å². The van der Waals surface area contributed by atoms with E-state index in [1.165, 1.54) is 0 Å². The predicted molar refractivity (Wildman–Crippen MR) is 71.2 cm³/mol. The maximum absolute atomic E-state index is 11.8. The number of carbonyl (C=O) groups excluding carboxylic acids is 1. The SMILES string of the molecule is CC(C)NC(=O)N1CCC(NC(C)(C)C)CC1. The lowest BCUT2D eigenvalue weighted by Crippen LogP contribution is -2.52. The highest BCUT2D eigenvalue weighted by molar-refractivity contribution is 5.74. The van der Waals surface area contributed by atoms with Gasteiger partial charge in [-0.1, -0.05) is 0 Å². The third kappa shape index (κ3) is 5.39. The van der Waals surface area contributed by atoms with Crippen molar-refractivity contribution in [3.8, 4) is 0 Å². The highest BCUT2D eigenvalue weighted by atomic mass is 16.2. The van der Waals surface area contributed by atoms with Crippen LogP contribution in [0.2, 0.25) is 0 Å². The lowest BCUT2D eigenvalue weighted by atomic mass is 10.0. The molecule has 4 heteroatoms. The minimum absolute atomic E-state index is 0.0780. The Morgan fingerprint density at radius 3 is 2.18 bits per heavy atom. The molecule has 1 fully saturated rings. The highest BCUT2D eigenvalue weighted by Gasteiger charge is 2.25. The van der Waals surface area contributed by atoms with Gasteiger partial charge in [0.1, 0.15) is 0 Å². The minimum Gasteiger partial charge on any atom is -0.336 e. The molecule has 0 bridgehead atoms. The van der Waals surface area contributed by atoms with Gasteiger partial charge in [0.15, 0.2) is 0 Å². The van der Waals surface area contributed by atoms with Gasteiger partial charge in [-0.25, -0.2) is 4.79 Å². The van der Waals surface area contributed by atoms with Crippen LogP contribution in [0.4, 0.5) is 4.79 Å². The Morgan fingerprint density at radius 2 is 1.76 bits per heavy atom. The highest BCUT2D eigenvalue weighted by Crippen LogP contribution is 2.13. The van der Waals surface area contributed by atoms with E-state index < -0.39 is 0 Å². The maximum atomic E-state index is 11.8. The molecule has 0 aliphatic carbocycles. The number of urea groups is 1. The van der Waals surface area contributed by atoms with Gasteiger partial charge in [0, 0.05) is 30.7 Å². The van der Waals surface area contributed by atoms with Crippen molar-refractivity contribution >= 4 is 6.03 Å². The molecule has 1 aliphatic heterocycles. The van der Waals surface area contributed by atoms with Crippen molar-refractivity contribution in [1.82, 2.24) is 15.5 Å². The Hall–Kier alpha value is -0.770. The Bertz CT molecular complexity index is 250. The van der Waals surface area contributed by atoms with Crippen molar-refractivity contribution in [2.24, 2.45) is 0 Å². The van der Waals surface area contributed by atoms with Crippen LogP contribution in [0, 0.1) is 0 Å². The van der Waals surface area contributed by atoms with Crippen LogP contribution in [-0.4, -0.2) is 41.6 Å². The van der Waals surface area contributed by atoms with Gasteiger partial charge < -0.3 is 15.5 Å². The van der Waals surface area contributed by atoms with Gasteiger partial charge in [-0.05, 0) is 47.5 Å². The number of rotatable bonds is 2. The van der Waals surface area contributed by atoms with Gasteiger partial charge >= 0.3 is 6.03 Å². The average molecular weight is 241 g/mol. The van der Waals surface area contributed by atoms with Crippen molar-refractivity contribution < 1.29 is 4.79 Å². The summed E-state index contributed by atoms with van der Waals surface area (Å²) >= 11 is 0. The second kappa shape index (κ2) is 5.71. The smallest absolute Gasteiger partial charge is 0.317 e. The summed E-state index contributed by atoms with van der Waals surface area (Å²) in [6.45, 7) is 12.2. The lowest BCUT2D eigenvalue weighted by Gasteiger charge is -2.36. The minimum atomic E-state index is 0.0780. The number of amides is 2. The van der Waals surface area contributed by atoms with Gasteiger partial charge in [-0.3, -0.25) is 0 Å². The molecule has 1 rings (SSSR count). The van der Waals surface area contributed by atoms with E-state index in [1.54, 1.807) is 0 Å². The van der Waals surface area contributed by atoms with Gasteiger partial charge in [0.05, 0.1) is 0 Å². The van der Waals surface area contributed by atoms with Crippen molar-refractivity contribution in [2.45, 2.75) is 65.1 Å². The summed E-state index contributed by atoms with van der Waals surface area (Å²) in [4.78, 5) is 13.7. The Kier molecular flexibility index (Phi) is 4.80. The topological polar surface area (TPSA) is 44.4 Å². The molecule has 0 radical (unpaired) electrons. The number of carbonyl (C=O) groups is 1. The zero-order valence-electron chi connectivity index (χ0n) is 11.8. The molecule has 1 aliphatic rings. The second-order valence-electron chi connectivity index (χ2n) is 6.26. The van der Waals surface area contributed by atoms with E-state index in [-0.39, 0.29) is 17.6 Å². The largest absolute Gasteiger partial charge is 0.336 e. The van der Waals surface area contributed by atoms with Crippen molar-refractivity contribution in [2.75, 3.05) is 13.1 Å². The zero-order chi connectivity index (χ0) is 13.1. The predicted octanol–water partition coefficient (Wildman–Crippen LogP) is 1.96. The molecule has 0 saturated carbocycles. The van der Waals surface area contributed by atoms with Crippen molar-refractivity contribution in [3.05, 3.63) is 0 Å². The zero-order valence-corrected chi connectivity index (χ0v) is 11.8. The summed E-state index contributed by atoms with van der Waals surface area (Å²) in [7, 11) is 0. The Balaban J connectivity index is 2.33. The normalized spacial score (nSPS) is 18.6. The third-order valence-corrected chi connectivity index (χ3v) is 2.83. The van der Waals surface area contributed by atoms with Crippen molar-refractivity contribution in [3.63, 3.8) is 0 Å². The molecule has 17 heavy (non-hydrogen) atoms. The Morgan fingerprint density at radius 1 is 1.24 bits per heavy atom. The van der Waals surface area contributed by atoms with Crippen LogP contribution >= 0.6 is 0 Å². The first-order valence-corrected chi connectivity index (χ1v) is 6.61. The van der Waals surface area contributed by atoms with E-state index in [0.29, 0.717) is 6.04 Å². The maximum Gasteiger partial charge on any atom is 0.317 e. The molecule has 0 spiro atoms. The Labute approximate surface area is 105 Å². The fourth-order valence-electron chi connectivity index (χ4n) is 2.18. The molecule has 0 aromatic carbocycles. The number of nitrogens with one attached hydrogen (secondary N) is 2. The molecule has 100 valence electrons. The first-order chi connectivity index (χ1) is 7.78. The number of likely N-dealkylation sites (tertiary alicyclic amines) is 1. The molecule has 0 aromatic heterocycles. The summed E-state index contributed by atoms with van der Waals surface area (Å²) < 4.78 is 0. The fourth-order valence-corrected chi connectivity index (χ4v) is 2.18. The standard InChI is InChI=1S/C13H27N3O/c1-10(2)14-12(17)16-8-6-11(7-9-16)15-13(3,4)5/h10-11,15H,6-9H2,1-5H3,(H,14,17). The van der Waals surface area contributed by atoms with Gasteiger partial charge in [0.25, 0.3) is 0 Å². The molecule has 1 saturated heterocycles. The quantitative estimate of drug-likeness (QED) is 0.776. The van der Waals surface area contributed by atoms with Crippen LogP contribution in [0.3, 0.4) is 0 Å². The van der Waals surface area contributed by atoms with Crippen LogP contribution in [0.5, 0.6) is 0 Å². The summed E-state index contributed by atoms with van der Waals surface area (Å²) in [5.74, 6) is 0. The van der Waals surface area contributed by atoms with Gasteiger partial charge in [-0.15, -0.1) is 0 Å². The molecule has 1 heterocycles.